The highest BCUT2D eigenvalue weighted by atomic mass is 79.9. The Kier molecular flexibility index (Phi) is 16.4. The fourth-order valence-corrected chi connectivity index (χ4v) is 3.92. The first kappa shape index (κ1) is 23.9. The molecule has 0 atom stereocenters. The van der Waals surface area contributed by atoms with Gasteiger partial charge in [-0.1, -0.05) is 107 Å². The minimum Gasteiger partial charge on any atom is -0.369 e. The number of hydrogen-bond acceptors (Lipinski definition) is 1. The van der Waals surface area contributed by atoms with E-state index in [1.807, 2.05) is 0 Å². The standard InChI is InChI=1S/C21H42BrNO/c1-3-5-7-9-11-13-16-21(20(23)24,18-15-19-22)17-14-12-10-8-6-4-2/h3-19H2,1-2H3,(H2,23,24). The zero-order valence-electron chi connectivity index (χ0n) is 16.4. The van der Waals surface area contributed by atoms with Crippen LogP contribution in [0.3, 0.4) is 0 Å². The van der Waals surface area contributed by atoms with Gasteiger partial charge in [-0.15, -0.1) is 0 Å². The van der Waals surface area contributed by atoms with Crippen LogP contribution in [-0.4, -0.2) is 11.2 Å². The molecule has 0 aliphatic rings. The van der Waals surface area contributed by atoms with Crippen LogP contribution in [0.4, 0.5) is 0 Å². The molecule has 24 heavy (non-hydrogen) atoms. The number of alkyl halides is 1. The Bertz CT molecular complexity index is 278. The molecule has 0 fully saturated rings. The monoisotopic (exact) mass is 403 g/mol. The summed E-state index contributed by atoms with van der Waals surface area (Å²) in [5.74, 6) is -0.0504. The van der Waals surface area contributed by atoms with Gasteiger partial charge in [-0.3, -0.25) is 4.79 Å². The van der Waals surface area contributed by atoms with Gasteiger partial charge in [0.25, 0.3) is 0 Å². The van der Waals surface area contributed by atoms with Gasteiger partial charge in [-0.05, 0) is 25.7 Å². The maximum Gasteiger partial charge on any atom is 0.223 e. The number of hydrogen-bond donors (Lipinski definition) is 1. The Morgan fingerprint density at radius 2 is 1.08 bits per heavy atom. The number of carbonyl (C=O) groups excluding carboxylic acids is 1. The van der Waals surface area contributed by atoms with Gasteiger partial charge in [-0.2, -0.15) is 0 Å². The van der Waals surface area contributed by atoms with E-state index >= 15 is 0 Å². The first-order valence-corrected chi connectivity index (χ1v) is 11.6. The number of carbonyl (C=O) groups is 1. The summed E-state index contributed by atoms with van der Waals surface area (Å²) in [4.78, 5) is 12.3. The highest BCUT2D eigenvalue weighted by Crippen LogP contribution is 2.36. The van der Waals surface area contributed by atoms with E-state index in [2.05, 4.69) is 29.8 Å². The highest BCUT2D eigenvalue weighted by molar-refractivity contribution is 9.09. The van der Waals surface area contributed by atoms with Gasteiger partial charge in [0, 0.05) is 10.7 Å². The van der Waals surface area contributed by atoms with E-state index < -0.39 is 0 Å². The molecule has 1 amide bonds. The Morgan fingerprint density at radius 1 is 0.708 bits per heavy atom. The van der Waals surface area contributed by atoms with Crippen molar-refractivity contribution < 1.29 is 4.79 Å². The minimum absolute atomic E-state index is 0.0504. The zero-order chi connectivity index (χ0) is 18.1. The molecule has 0 radical (unpaired) electrons. The summed E-state index contributed by atoms with van der Waals surface area (Å²) in [6.07, 6.45) is 19.3. The number of rotatable bonds is 18. The molecule has 0 aromatic rings. The normalized spacial score (nSPS) is 11.8. The zero-order valence-corrected chi connectivity index (χ0v) is 18.0. The molecule has 0 aliphatic heterocycles. The van der Waals surface area contributed by atoms with Gasteiger partial charge in [0.15, 0.2) is 0 Å². The van der Waals surface area contributed by atoms with Crippen LogP contribution in [0.1, 0.15) is 117 Å². The quantitative estimate of drug-likeness (QED) is 0.192. The van der Waals surface area contributed by atoms with Gasteiger partial charge in [-0.25, -0.2) is 0 Å². The Balaban J connectivity index is 4.32. The van der Waals surface area contributed by atoms with Crippen LogP contribution >= 0.6 is 15.9 Å². The second-order valence-corrected chi connectivity index (χ2v) is 8.27. The lowest BCUT2D eigenvalue weighted by Gasteiger charge is -2.31. The molecule has 0 heterocycles. The summed E-state index contributed by atoms with van der Waals surface area (Å²) >= 11 is 3.52. The van der Waals surface area contributed by atoms with Crippen LogP contribution in [0, 0.1) is 5.41 Å². The van der Waals surface area contributed by atoms with Gasteiger partial charge >= 0.3 is 0 Å². The smallest absolute Gasteiger partial charge is 0.223 e. The lowest BCUT2D eigenvalue weighted by Crippen LogP contribution is -2.37. The van der Waals surface area contributed by atoms with Crippen molar-refractivity contribution in [2.45, 2.75) is 117 Å². The molecule has 2 N–H and O–H groups in total. The Labute approximate surface area is 159 Å². The van der Waals surface area contributed by atoms with Crippen molar-refractivity contribution in [3.05, 3.63) is 0 Å². The van der Waals surface area contributed by atoms with Crippen molar-refractivity contribution in [1.82, 2.24) is 0 Å². The van der Waals surface area contributed by atoms with Crippen molar-refractivity contribution in [3.8, 4) is 0 Å². The molecule has 0 unspecified atom stereocenters. The lowest BCUT2D eigenvalue weighted by atomic mass is 9.74. The molecule has 144 valence electrons. The summed E-state index contributed by atoms with van der Waals surface area (Å²) < 4.78 is 0. The molecule has 0 aromatic heterocycles. The van der Waals surface area contributed by atoms with Gasteiger partial charge in [0.05, 0.1) is 0 Å². The fraction of sp³-hybridized carbons (Fsp3) is 0.952. The van der Waals surface area contributed by atoms with Crippen molar-refractivity contribution in [2.75, 3.05) is 5.33 Å². The Morgan fingerprint density at radius 3 is 1.46 bits per heavy atom. The number of primary amides is 1. The van der Waals surface area contributed by atoms with Crippen molar-refractivity contribution in [2.24, 2.45) is 11.1 Å². The molecule has 0 saturated heterocycles. The summed E-state index contributed by atoms with van der Waals surface area (Å²) in [7, 11) is 0. The van der Waals surface area contributed by atoms with E-state index in [1.165, 1.54) is 64.2 Å². The van der Waals surface area contributed by atoms with Gasteiger partial charge in [0.2, 0.25) is 5.91 Å². The van der Waals surface area contributed by atoms with E-state index in [1.54, 1.807) is 0 Å². The molecule has 2 nitrogen and oxygen atoms in total. The fourth-order valence-electron chi connectivity index (χ4n) is 3.64. The highest BCUT2D eigenvalue weighted by Gasteiger charge is 2.34. The van der Waals surface area contributed by atoms with Crippen LogP contribution in [0.5, 0.6) is 0 Å². The third-order valence-electron chi connectivity index (χ3n) is 5.33. The third-order valence-corrected chi connectivity index (χ3v) is 5.89. The molecule has 0 spiro atoms. The van der Waals surface area contributed by atoms with Crippen LogP contribution in [0.15, 0.2) is 0 Å². The average Bonchev–Trinajstić information content (AvgIpc) is 2.57. The molecule has 0 saturated carbocycles. The summed E-state index contributed by atoms with van der Waals surface area (Å²) in [5.41, 5.74) is 5.64. The summed E-state index contributed by atoms with van der Waals surface area (Å²) in [6.45, 7) is 4.50. The lowest BCUT2D eigenvalue weighted by molar-refractivity contribution is -0.129. The molecule has 3 heteroatoms. The van der Waals surface area contributed by atoms with Gasteiger partial charge < -0.3 is 5.73 Å². The predicted molar refractivity (Wildman–Crippen MR) is 111 cm³/mol. The molecular weight excluding hydrogens is 362 g/mol. The minimum atomic E-state index is -0.247. The van der Waals surface area contributed by atoms with E-state index in [4.69, 9.17) is 5.73 Å². The summed E-state index contributed by atoms with van der Waals surface area (Å²) in [6, 6.07) is 0. The van der Waals surface area contributed by atoms with Gasteiger partial charge in [0.1, 0.15) is 0 Å². The van der Waals surface area contributed by atoms with Crippen LogP contribution < -0.4 is 5.73 Å². The molecule has 0 bridgehead atoms. The number of nitrogens with two attached hydrogens (primary N) is 1. The van der Waals surface area contributed by atoms with Crippen molar-refractivity contribution in [1.29, 1.82) is 0 Å². The van der Waals surface area contributed by atoms with E-state index in [0.717, 1.165) is 43.9 Å². The second-order valence-electron chi connectivity index (χ2n) is 7.47. The average molecular weight is 404 g/mol. The first-order chi connectivity index (χ1) is 11.6. The number of halogens is 1. The topological polar surface area (TPSA) is 43.1 Å². The van der Waals surface area contributed by atoms with E-state index in [-0.39, 0.29) is 11.3 Å². The molecule has 0 aliphatic carbocycles. The first-order valence-electron chi connectivity index (χ1n) is 10.5. The van der Waals surface area contributed by atoms with Crippen molar-refractivity contribution in [3.63, 3.8) is 0 Å². The predicted octanol–water partition coefficient (Wildman–Crippen LogP) is 7.13. The van der Waals surface area contributed by atoms with Crippen LogP contribution in [-0.2, 0) is 4.79 Å². The molecular formula is C21H42BrNO. The van der Waals surface area contributed by atoms with E-state index in [9.17, 15) is 4.79 Å². The SMILES string of the molecule is CCCCCCCCC(CCCBr)(CCCCCCCC)C(N)=O. The third kappa shape index (κ3) is 11.5. The Hall–Kier alpha value is -0.0500. The number of amides is 1. The van der Waals surface area contributed by atoms with E-state index in [0.29, 0.717) is 0 Å². The summed E-state index contributed by atoms with van der Waals surface area (Å²) in [5, 5.41) is 0.967. The maximum absolute atomic E-state index is 12.3. The maximum atomic E-state index is 12.3. The number of unbranched alkanes of at least 4 members (excludes halogenated alkanes) is 10. The molecule has 0 aromatic carbocycles. The van der Waals surface area contributed by atoms with Crippen LogP contribution in [0.25, 0.3) is 0 Å². The second kappa shape index (κ2) is 16.4. The van der Waals surface area contributed by atoms with Crippen LogP contribution in [0.2, 0.25) is 0 Å². The molecule has 0 rings (SSSR count). The largest absolute Gasteiger partial charge is 0.369 e. The van der Waals surface area contributed by atoms with Crippen molar-refractivity contribution >= 4 is 21.8 Å².